The van der Waals surface area contributed by atoms with Crippen molar-refractivity contribution >= 4 is 19.6 Å². The zero-order valence-electron chi connectivity index (χ0n) is 19.7. The highest BCUT2D eigenvalue weighted by molar-refractivity contribution is 7.47. The Morgan fingerprint density at radius 3 is 2.28 bits per heavy atom. The van der Waals surface area contributed by atoms with Crippen molar-refractivity contribution < 1.29 is 42.7 Å². The zero-order valence-corrected chi connectivity index (χ0v) is 20.6. The highest BCUT2D eigenvalue weighted by Gasteiger charge is 2.24. The second-order valence-corrected chi connectivity index (χ2v) is 9.33. The molecule has 2 amide bonds. The number of aliphatic hydroxyl groups is 1. The molecule has 2 atom stereocenters. The van der Waals surface area contributed by atoms with Crippen LogP contribution in [0.3, 0.4) is 0 Å². The summed E-state index contributed by atoms with van der Waals surface area (Å²) in [6.45, 7) is 8.46. The van der Waals surface area contributed by atoms with Gasteiger partial charge in [-0.1, -0.05) is 20.3 Å². The van der Waals surface area contributed by atoms with Crippen LogP contribution < -0.4 is 10.6 Å². The number of phosphoric acid groups is 1. The van der Waals surface area contributed by atoms with Crippen LogP contribution >= 0.6 is 7.82 Å². The zero-order chi connectivity index (χ0) is 24.4. The standard InChI is InChI=1S/C20H41N2O9P/c1-16(2)20(25)22-9-10-28-11-12-29-15-19(24)21-8-6-5-7-18(13-23)14-30-32(26,27)31-17(3)4/h16-18,23H,5-15H2,1-4H3,(H,21,24)(H,22,25)(H,26,27). The summed E-state index contributed by atoms with van der Waals surface area (Å²) in [5.74, 6) is -0.598. The number of rotatable bonds is 20. The Hall–Kier alpha value is -1.07. The molecule has 0 aliphatic heterocycles. The highest BCUT2D eigenvalue weighted by Crippen LogP contribution is 2.44. The molecule has 0 radical (unpaired) electrons. The van der Waals surface area contributed by atoms with Gasteiger partial charge < -0.3 is 30.1 Å². The normalized spacial score (nSPS) is 14.4. The number of hydrogen-bond donors (Lipinski definition) is 4. The van der Waals surface area contributed by atoms with E-state index in [-0.39, 0.29) is 50.1 Å². The van der Waals surface area contributed by atoms with Gasteiger partial charge in [0, 0.05) is 31.5 Å². The van der Waals surface area contributed by atoms with Gasteiger partial charge in [0.2, 0.25) is 11.8 Å². The van der Waals surface area contributed by atoms with Crippen LogP contribution in [0.15, 0.2) is 0 Å². The first kappa shape index (κ1) is 30.9. The number of ether oxygens (including phenoxy) is 2. The molecule has 4 N–H and O–H groups in total. The first-order valence-electron chi connectivity index (χ1n) is 11.0. The summed E-state index contributed by atoms with van der Waals surface area (Å²) in [5, 5.41) is 14.8. The molecule has 0 rings (SSSR count). The SMILES string of the molecule is CC(C)OP(=O)(O)OCC(CO)CCCCNC(=O)COCCOCCNC(=O)C(C)C. The molecule has 0 aromatic carbocycles. The molecule has 0 aromatic rings. The fourth-order valence-electron chi connectivity index (χ4n) is 2.40. The molecular weight excluding hydrogens is 443 g/mol. The van der Waals surface area contributed by atoms with Gasteiger partial charge in [-0.3, -0.25) is 18.6 Å². The number of amides is 2. The number of carbonyl (C=O) groups is 2. The summed E-state index contributed by atoms with van der Waals surface area (Å²) in [6.07, 6.45) is 1.53. The van der Waals surface area contributed by atoms with Crippen LogP contribution in [0.2, 0.25) is 0 Å². The fourth-order valence-corrected chi connectivity index (χ4v) is 3.39. The van der Waals surface area contributed by atoms with Gasteiger partial charge in [-0.2, -0.15) is 0 Å². The van der Waals surface area contributed by atoms with E-state index in [1.807, 2.05) is 13.8 Å². The number of aliphatic hydroxyl groups excluding tert-OH is 1. The molecule has 32 heavy (non-hydrogen) atoms. The molecule has 12 heteroatoms. The Bertz CT molecular complexity index is 561. The van der Waals surface area contributed by atoms with Gasteiger partial charge in [-0.15, -0.1) is 0 Å². The number of phosphoric ester groups is 1. The number of nitrogens with one attached hydrogen (secondary N) is 2. The Kier molecular flexibility index (Phi) is 17.8. The summed E-state index contributed by atoms with van der Waals surface area (Å²) in [4.78, 5) is 32.6. The van der Waals surface area contributed by atoms with Crippen molar-refractivity contribution in [2.45, 2.75) is 53.1 Å². The van der Waals surface area contributed by atoms with Crippen LogP contribution in [0.25, 0.3) is 0 Å². The van der Waals surface area contributed by atoms with Crippen molar-refractivity contribution in [1.82, 2.24) is 10.6 Å². The minimum absolute atomic E-state index is 0.0195. The van der Waals surface area contributed by atoms with Crippen molar-refractivity contribution in [3.63, 3.8) is 0 Å². The van der Waals surface area contributed by atoms with E-state index in [0.717, 1.165) is 0 Å². The largest absolute Gasteiger partial charge is 0.472 e. The van der Waals surface area contributed by atoms with Gasteiger partial charge in [0.25, 0.3) is 0 Å². The van der Waals surface area contributed by atoms with Crippen LogP contribution in [0.1, 0.15) is 47.0 Å². The average Bonchev–Trinajstić information content (AvgIpc) is 2.70. The third-order valence-corrected chi connectivity index (χ3v) is 5.28. The predicted molar refractivity (Wildman–Crippen MR) is 119 cm³/mol. The maximum Gasteiger partial charge on any atom is 0.472 e. The van der Waals surface area contributed by atoms with Gasteiger partial charge in [-0.25, -0.2) is 4.57 Å². The Morgan fingerprint density at radius 2 is 1.66 bits per heavy atom. The lowest BCUT2D eigenvalue weighted by Gasteiger charge is -2.18. The summed E-state index contributed by atoms with van der Waals surface area (Å²) in [5.41, 5.74) is 0. The van der Waals surface area contributed by atoms with Crippen LogP contribution in [0.5, 0.6) is 0 Å². The third-order valence-electron chi connectivity index (χ3n) is 4.11. The monoisotopic (exact) mass is 484 g/mol. The maximum atomic E-state index is 11.7. The molecule has 0 fully saturated rings. The molecule has 0 spiro atoms. The number of carbonyl (C=O) groups excluding carboxylic acids is 2. The van der Waals surface area contributed by atoms with Crippen LogP contribution in [-0.2, 0) is 32.7 Å². The van der Waals surface area contributed by atoms with Crippen LogP contribution in [-0.4, -0.2) is 80.6 Å². The van der Waals surface area contributed by atoms with Gasteiger partial charge in [0.1, 0.15) is 6.61 Å². The first-order chi connectivity index (χ1) is 15.1. The molecule has 0 heterocycles. The topological polar surface area (TPSA) is 153 Å². The Balaban J connectivity index is 3.65. The van der Waals surface area contributed by atoms with E-state index in [2.05, 4.69) is 10.6 Å². The van der Waals surface area contributed by atoms with Crippen molar-refractivity contribution in [1.29, 1.82) is 0 Å². The predicted octanol–water partition coefficient (Wildman–Crippen LogP) is 1.23. The quantitative estimate of drug-likeness (QED) is 0.148. The molecule has 0 aliphatic carbocycles. The molecule has 2 unspecified atom stereocenters. The summed E-state index contributed by atoms with van der Waals surface area (Å²) in [6, 6.07) is 0. The lowest BCUT2D eigenvalue weighted by Crippen LogP contribution is -2.31. The van der Waals surface area contributed by atoms with Gasteiger partial charge >= 0.3 is 7.82 Å². The minimum Gasteiger partial charge on any atom is -0.396 e. The molecule has 11 nitrogen and oxygen atoms in total. The van der Waals surface area contributed by atoms with Crippen molar-refractivity contribution in [2.75, 3.05) is 52.7 Å². The van der Waals surface area contributed by atoms with E-state index in [0.29, 0.717) is 45.6 Å². The number of hydrogen-bond acceptors (Lipinski definition) is 8. The van der Waals surface area contributed by atoms with E-state index in [4.69, 9.17) is 18.5 Å². The van der Waals surface area contributed by atoms with Gasteiger partial charge in [-0.05, 0) is 26.7 Å². The fraction of sp³-hybridized carbons (Fsp3) is 0.900. The molecular formula is C20H41N2O9P. The maximum absolute atomic E-state index is 11.7. The molecule has 0 saturated heterocycles. The molecule has 0 aromatic heterocycles. The van der Waals surface area contributed by atoms with E-state index in [1.165, 1.54) is 0 Å². The molecule has 190 valence electrons. The average molecular weight is 485 g/mol. The summed E-state index contributed by atoms with van der Waals surface area (Å²) < 4.78 is 31.9. The molecule has 0 bridgehead atoms. The van der Waals surface area contributed by atoms with Crippen molar-refractivity contribution in [3.05, 3.63) is 0 Å². The second-order valence-electron chi connectivity index (χ2n) is 7.92. The lowest BCUT2D eigenvalue weighted by molar-refractivity contribution is -0.126. The third kappa shape index (κ3) is 18.5. The van der Waals surface area contributed by atoms with Crippen LogP contribution in [0.4, 0.5) is 0 Å². The molecule has 0 saturated carbocycles. The number of unbranched alkanes of at least 4 members (excludes halogenated alkanes) is 1. The summed E-state index contributed by atoms with van der Waals surface area (Å²) in [7, 11) is -4.11. The van der Waals surface area contributed by atoms with Gasteiger partial charge in [0.05, 0.1) is 32.5 Å². The van der Waals surface area contributed by atoms with Crippen molar-refractivity contribution in [3.8, 4) is 0 Å². The van der Waals surface area contributed by atoms with Gasteiger partial charge in [0.15, 0.2) is 0 Å². The summed E-state index contributed by atoms with van der Waals surface area (Å²) >= 11 is 0. The van der Waals surface area contributed by atoms with E-state index >= 15 is 0 Å². The lowest BCUT2D eigenvalue weighted by atomic mass is 10.0. The smallest absolute Gasteiger partial charge is 0.396 e. The van der Waals surface area contributed by atoms with Crippen molar-refractivity contribution in [2.24, 2.45) is 11.8 Å². The van der Waals surface area contributed by atoms with E-state index < -0.39 is 13.9 Å². The van der Waals surface area contributed by atoms with E-state index in [9.17, 15) is 24.2 Å². The first-order valence-corrected chi connectivity index (χ1v) is 12.5. The second kappa shape index (κ2) is 18.4. The highest BCUT2D eigenvalue weighted by atomic mass is 31.2. The Morgan fingerprint density at radius 1 is 0.969 bits per heavy atom. The molecule has 0 aliphatic rings. The Labute approximate surface area is 191 Å². The minimum atomic E-state index is -4.11. The van der Waals surface area contributed by atoms with E-state index in [1.54, 1.807) is 13.8 Å². The van der Waals surface area contributed by atoms with Crippen LogP contribution in [0, 0.1) is 11.8 Å².